The van der Waals surface area contributed by atoms with Crippen LogP contribution in [0.25, 0.3) is 5.69 Å². The molecule has 8 nitrogen and oxygen atoms in total. The van der Waals surface area contributed by atoms with Crippen LogP contribution in [0.1, 0.15) is 23.2 Å². The highest BCUT2D eigenvalue weighted by Crippen LogP contribution is 2.24. The molecule has 1 aromatic heterocycles. The number of nitrogens with zero attached hydrogens (tertiary/aromatic N) is 3. The van der Waals surface area contributed by atoms with Gasteiger partial charge >= 0.3 is 5.97 Å². The fourth-order valence-electron chi connectivity index (χ4n) is 3.88. The highest BCUT2D eigenvalue weighted by atomic mass is 35.5. The number of ether oxygens (including phenoxy) is 1. The molecule has 9 heteroatoms. The molecule has 0 saturated carbocycles. The minimum atomic E-state index is -0.511. The summed E-state index contributed by atoms with van der Waals surface area (Å²) >= 11 is 6.07. The minimum absolute atomic E-state index is 0.181. The topological polar surface area (TPSA) is 93.5 Å². The number of carbonyl (C=O) groups is 2. The van der Waals surface area contributed by atoms with E-state index < -0.39 is 5.97 Å². The van der Waals surface area contributed by atoms with Crippen LogP contribution in [-0.2, 0) is 9.53 Å². The number of halogens is 1. The van der Waals surface area contributed by atoms with Crippen LogP contribution in [0.2, 0.25) is 5.02 Å². The van der Waals surface area contributed by atoms with E-state index in [0.717, 1.165) is 6.42 Å². The van der Waals surface area contributed by atoms with E-state index in [4.69, 9.17) is 16.3 Å². The van der Waals surface area contributed by atoms with Gasteiger partial charge in [0.05, 0.1) is 30.0 Å². The van der Waals surface area contributed by atoms with Crippen molar-refractivity contribution >= 4 is 35.0 Å². The summed E-state index contributed by atoms with van der Waals surface area (Å²) in [4.78, 5) is 39.4. The number of hydrogen-bond acceptors (Lipinski definition) is 6. The predicted octanol–water partition coefficient (Wildman–Crippen LogP) is 3.53. The van der Waals surface area contributed by atoms with Gasteiger partial charge < -0.3 is 15.0 Å². The first kappa shape index (κ1) is 22.5. The number of rotatable bonds is 5. The second-order valence-corrected chi connectivity index (χ2v) is 8.17. The summed E-state index contributed by atoms with van der Waals surface area (Å²) in [7, 11) is 1.30. The van der Waals surface area contributed by atoms with Gasteiger partial charge in [-0.3, -0.25) is 9.59 Å². The fraction of sp³-hybridized carbons (Fsp3) is 0.250. The number of benzene rings is 2. The molecule has 170 valence electrons. The molecular formula is C24H23ClN4O4. The van der Waals surface area contributed by atoms with E-state index in [-0.39, 0.29) is 17.4 Å². The Morgan fingerprint density at radius 3 is 2.73 bits per heavy atom. The Hall–Kier alpha value is -3.65. The van der Waals surface area contributed by atoms with E-state index in [1.165, 1.54) is 17.9 Å². The van der Waals surface area contributed by atoms with Gasteiger partial charge in [-0.15, -0.1) is 5.10 Å². The zero-order chi connectivity index (χ0) is 23.4. The quantitative estimate of drug-likeness (QED) is 0.578. The van der Waals surface area contributed by atoms with E-state index in [0.29, 0.717) is 47.3 Å². The Balaban J connectivity index is 1.53. The predicted molar refractivity (Wildman–Crippen MR) is 126 cm³/mol. The third-order valence-electron chi connectivity index (χ3n) is 5.55. The number of para-hydroxylation sites is 1. The summed E-state index contributed by atoms with van der Waals surface area (Å²) in [5, 5.41) is 7.88. The maximum Gasteiger partial charge on any atom is 0.339 e. The third-order valence-corrected chi connectivity index (χ3v) is 5.78. The van der Waals surface area contributed by atoms with Gasteiger partial charge in [-0.05, 0) is 49.2 Å². The molecule has 0 radical (unpaired) electrons. The molecule has 1 atom stereocenters. The number of amides is 1. The Kier molecular flexibility index (Phi) is 6.74. The van der Waals surface area contributed by atoms with E-state index in [9.17, 15) is 14.4 Å². The largest absolute Gasteiger partial charge is 0.465 e. The molecule has 0 bridgehead atoms. The smallest absolute Gasteiger partial charge is 0.339 e. The van der Waals surface area contributed by atoms with Crippen LogP contribution in [0.3, 0.4) is 0 Å². The van der Waals surface area contributed by atoms with Crippen molar-refractivity contribution in [3.63, 3.8) is 0 Å². The number of methoxy groups -OCH3 is 1. The minimum Gasteiger partial charge on any atom is -0.465 e. The number of hydrogen-bond donors (Lipinski definition) is 1. The van der Waals surface area contributed by atoms with Crippen LogP contribution >= 0.6 is 11.6 Å². The van der Waals surface area contributed by atoms with Crippen LogP contribution in [-0.4, -0.2) is 41.9 Å². The molecule has 3 aromatic rings. The number of piperidine rings is 1. The van der Waals surface area contributed by atoms with E-state index in [1.54, 1.807) is 54.6 Å². The summed E-state index contributed by atoms with van der Waals surface area (Å²) in [6, 6.07) is 16.8. The van der Waals surface area contributed by atoms with Crippen LogP contribution < -0.4 is 15.8 Å². The molecule has 33 heavy (non-hydrogen) atoms. The van der Waals surface area contributed by atoms with Crippen molar-refractivity contribution in [2.24, 2.45) is 5.92 Å². The van der Waals surface area contributed by atoms with Crippen LogP contribution in [0.4, 0.5) is 11.5 Å². The van der Waals surface area contributed by atoms with Crippen LogP contribution in [0.15, 0.2) is 65.5 Å². The summed E-state index contributed by atoms with van der Waals surface area (Å²) in [6.45, 7) is 1.15. The lowest BCUT2D eigenvalue weighted by Gasteiger charge is -2.33. The molecule has 1 aliphatic rings. The van der Waals surface area contributed by atoms with E-state index in [2.05, 4.69) is 10.4 Å². The molecule has 4 rings (SSSR count). The molecular weight excluding hydrogens is 444 g/mol. The monoisotopic (exact) mass is 466 g/mol. The van der Waals surface area contributed by atoms with Gasteiger partial charge in [0.25, 0.3) is 5.56 Å². The van der Waals surface area contributed by atoms with Gasteiger partial charge in [0.2, 0.25) is 5.91 Å². The summed E-state index contributed by atoms with van der Waals surface area (Å²) in [5.74, 6) is -0.400. The number of carbonyl (C=O) groups excluding carboxylic acids is 2. The Morgan fingerprint density at radius 1 is 1.12 bits per heavy atom. The molecule has 1 fully saturated rings. The van der Waals surface area contributed by atoms with Gasteiger partial charge in [0.15, 0.2) is 0 Å². The Labute approximate surface area is 195 Å². The first-order valence-electron chi connectivity index (χ1n) is 10.6. The average Bonchev–Trinajstić information content (AvgIpc) is 2.84. The Morgan fingerprint density at radius 2 is 1.94 bits per heavy atom. The van der Waals surface area contributed by atoms with Crippen LogP contribution in [0, 0.1) is 5.92 Å². The molecule has 0 aliphatic carbocycles. The first-order chi connectivity index (χ1) is 16.0. The average molecular weight is 467 g/mol. The van der Waals surface area contributed by atoms with Gasteiger partial charge in [-0.2, -0.15) is 4.68 Å². The summed E-state index contributed by atoms with van der Waals surface area (Å²) in [6.07, 6.45) is 1.49. The normalized spacial score (nSPS) is 15.7. The van der Waals surface area contributed by atoms with Gasteiger partial charge in [-0.1, -0.05) is 29.8 Å². The number of anilines is 2. The Bertz CT molecular complexity index is 1240. The fourth-order valence-corrected chi connectivity index (χ4v) is 4.06. The van der Waals surface area contributed by atoms with Gasteiger partial charge in [0, 0.05) is 24.2 Å². The second kappa shape index (κ2) is 9.87. The lowest BCUT2D eigenvalue weighted by molar-refractivity contribution is -0.120. The number of aromatic nitrogens is 2. The van der Waals surface area contributed by atoms with Crippen molar-refractivity contribution in [1.29, 1.82) is 0 Å². The molecule has 2 aromatic carbocycles. The van der Waals surface area contributed by atoms with Crippen molar-refractivity contribution in [3.05, 3.63) is 81.6 Å². The molecule has 1 amide bonds. The lowest BCUT2D eigenvalue weighted by Crippen LogP contribution is -2.42. The maximum absolute atomic E-state index is 13.0. The summed E-state index contributed by atoms with van der Waals surface area (Å²) in [5.41, 5.74) is 1.02. The first-order valence-corrected chi connectivity index (χ1v) is 10.9. The van der Waals surface area contributed by atoms with Crippen molar-refractivity contribution in [1.82, 2.24) is 9.78 Å². The van der Waals surface area contributed by atoms with Gasteiger partial charge in [-0.25, -0.2) is 4.79 Å². The number of nitrogens with one attached hydrogen (secondary N) is 1. The molecule has 1 N–H and O–H groups in total. The standard InChI is InChI=1S/C24H23ClN4O4/c1-33-24(32)19-9-2-3-10-20(19)26-23(31)16-6-5-13-28(15-16)21-11-12-22(30)29(27-21)18-8-4-7-17(25)14-18/h2-4,7-12,14,16H,5-6,13,15H2,1H3,(H,26,31). The highest BCUT2D eigenvalue weighted by molar-refractivity contribution is 6.30. The number of esters is 1. The second-order valence-electron chi connectivity index (χ2n) is 7.73. The lowest BCUT2D eigenvalue weighted by atomic mass is 9.97. The maximum atomic E-state index is 13.0. The molecule has 0 spiro atoms. The molecule has 1 aliphatic heterocycles. The summed E-state index contributed by atoms with van der Waals surface area (Å²) < 4.78 is 6.10. The van der Waals surface area contributed by atoms with E-state index in [1.807, 2.05) is 4.90 Å². The SMILES string of the molecule is COC(=O)c1ccccc1NC(=O)C1CCCN(c2ccc(=O)n(-c3cccc(Cl)c3)n2)C1. The third kappa shape index (κ3) is 5.06. The van der Waals surface area contributed by atoms with Crippen LogP contribution in [0.5, 0.6) is 0 Å². The van der Waals surface area contributed by atoms with Crippen molar-refractivity contribution in [3.8, 4) is 5.69 Å². The highest BCUT2D eigenvalue weighted by Gasteiger charge is 2.28. The zero-order valence-electron chi connectivity index (χ0n) is 18.0. The van der Waals surface area contributed by atoms with Gasteiger partial charge in [0.1, 0.15) is 5.82 Å². The zero-order valence-corrected chi connectivity index (χ0v) is 18.8. The molecule has 1 saturated heterocycles. The molecule has 2 heterocycles. The van der Waals surface area contributed by atoms with Crippen molar-refractivity contribution in [2.45, 2.75) is 12.8 Å². The van der Waals surface area contributed by atoms with Crippen molar-refractivity contribution in [2.75, 3.05) is 30.4 Å². The molecule has 1 unspecified atom stereocenters. The van der Waals surface area contributed by atoms with Crippen molar-refractivity contribution < 1.29 is 14.3 Å². The van der Waals surface area contributed by atoms with E-state index >= 15 is 0 Å².